The number of fused-ring (bicyclic) bond motifs is 1. The molecule has 3 N–H and O–H groups in total. The summed E-state index contributed by atoms with van der Waals surface area (Å²) in [5.41, 5.74) is 10.2. The topological polar surface area (TPSA) is 80.4 Å². The number of amides is 1. The van der Waals surface area contributed by atoms with E-state index in [4.69, 9.17) is 5.73 Å². The van der Waals surface area contributed by atoms with Gasteiger partial charge in [0.1, 0.15) is 0 Å². The first kappa shape index (κ1) is 14.7. The van der Waals surface area contributed by atoms with Crippen LogP contribution in [0.3, 0.4) is 0 Å². The molecular weight excluding hydrogens is 288 g/mol. The van der Waals surface area contributed by atoms with Gasteiger partial charge in [-0.1, -0.05) is 48.0 Å². The largest absolute Gasteiger partial charge is 0.369 e. The standard InChI is InChI=1S/C18H16N4O/c1-12-6-8-13(9-7-12)16-10-17(22-18(19)20-11-23)14-4-2-3-5-15(14)21-16/h2-11H,1H3,(H3,19,20,21,22,23). The van der Waals surface area contributed by atoms with Crippen molar-refractivity contribution in [2.24, 2.45) is 10.7 Å². The zero-order valence-corrected chi connectivity index (χ0v) is 12.7. The van der Waals surface area contributed by atoms with Crippen molar-refractivity contribution in [2.45, 2.75) is 6.92 Å². The van der Waals surface area contributed by atoms with Gasteiger partial charge in [0.2, 0.25) is 6.41 Å². The fourth-order valence-electron chi connectivity index (χ4n) is 2.34. The maximum atomic E-state index is 10.5. The molecule has 0 saturated carbocycles. The maximum Gasteiger partial charge on any atom is 0.213 e. The third-order valence-corrected chi connectivity index (χ3v) is 3.49. The van der Waals surface area contributed by atoms with Crippen molar-refractivity contribution in [1.82, 2.24) is 10.3 Å². The van der Waals surface area contributed by atoms with Crippen molar-refractivity contribution in [3.63, 3.8) is 0 Å². The molecule has 23 heavy (non-hydrogen) atoms. The number of aliphatic imine (C=N–C) groups is 1. The first-order valence-corrected chi connectivity index (χ1v) is 7.18. The van der Waals surface area contributed by atoms with E-state index in [1.807, 2.05) is 61.5 Å². The van der Waals surface area contributed by atoms with E-state index in [2.05, 4.69) is 15.3 Å². The summed E-state index contributed by atoms with van der Waals surface area (Å²) >= 11 is 0. The highest BCUT2D eigenvalue weighted by Gasteiger charge is 2.07. The van der Waals surface area contributed by atoms with E-state index < -0.39 is 0 Å². The number of benzene rings is 2. The van der Waals surface area contributed by atoms with Gasteiger partial charge in [-0.05, 0) is 19.1 Å². The number of carbonyl (C=O) groups excluding carboxylic acids is 1. The van der Waals surface area contributed by atoms with E-state index in [0.717, 1.165) is 22.2 Å². The second kappa shape index (κ2) is 6.27. The minimum Gasteiger partial charge on any atom is -0.369 e. The van der Waals surface area contributed by atoms with Crippen molar-refractivity contribution in [3.8, 4) is 11.3 Å². The summed E-state index contributed by atoms with van der Waals surface area (Å²) in [6, 6.07) is 17.7. The quantitative estimate of drug-likeness (QED) is 0.443. The molecule has 1 aromatic heterocycles. The molecule has 3 aromatic rings. The number of guanidine groups is 1. The van der Waals surface area contributed by atoms with Crippen LogP contribution >= 0.6 is 0 Å². The van der Waals surface area contributed by atoms with Crippen LogP contribution in [0.2, 0.25) is 0 Å². The van der Waals surface area contributed by atoms with Gasteiger partial charge >= 0.3 is 0 Å². The number of pyridine rings is 1. The molecule has 0 aliphatic rings. The second-order valence-electron chi connectivity index (χ2n) is 5.17. The Balaban J connectivity index is 2.19. The fourth-order valence-corrected chi connectivity index (χ4v) is 2.34. The second-order valence-corrected chi connectivity index (χ2v) is 5.17. The van der Waals surface area contributed by atoms with Gasteiger partial charge in [-0.15, -0.1) is 0 Å². The van der Waals surface area contributed by atoms with Crippen molar-refractivity contribution in [3.05, 3.63) is 60.2 Å². The molecule has 5 heteroatoms. The summed E-state index contributed by atoms with van der Waals surface area (Å²) in [4.78, 5) is 19.5. The average molecular weight is 304 g/mol. The number of nitrogens with one attached hydrogen (secondary N) is 1. The van der Waals surface area contributed by atoms with Crippen molar-refractivity contribution >= 4 is 29.0 Å². The number of para-hydroxylation sites is 1. The first-order valence-electron chi connectivity index (χ1n) is 7.18. The van der Waals surface area contributed by atoms with Crippen LogP contribution in [0.1, 0.15) is 5.56 Å². The van der Waals surface area contributed by atoms with Crippen LogP contribution in [0.4, 0.5) is 5.69 Å². The Bertz CT molecular complexity index is 885. The Morgan fingerprint density at radius 1 is 1.17 bits per heavy atom. The molecule has 114 valence electrons. The Labute approximate surface area is 133 Å². The molecule has 1 heterocycles. The van der Waals surface area contributed by atoms with Crippen LogP contribution in [0.25, 0.3) is 22.2 Å². The lowest BCUT2D eigenvalue weighted by Gasteiger charge is -2.08. The molecule has 1 amide bonds. The monoisotopic (exact) mass is 304 g/mol. The molecule has 0 atom stereocenters. The summed E-state index contributed by atoms with van der Waals surface area (Å²) in [5.74, 6) is 0.0474. The van der Waals surface area contributed by atoms with Crippen LogP contribution in [-0.2, 0) is 4.79 Å². The maximum absolute atomic E-state index is 10.5. The lowest BCUT2D eigenvalue weighted by molar-refractivity contribution is -0.108. The smallest absolute Gasteiger partial charge is 0.213 e. The fraction of sp³-hybridized carbons (Fsp3) is 0.0556. The molecule has 0 saturated heterocycles. The highest BCUT2D eigenvalue weighted by molar-refractivity contribution is 5.97. The van der Waals surface area contributed by atoms with Crippen molar-refractivity contribution in [1.29, 1.82) is 0 Å². The molecule has 0 unspecified atom stereocenters. The third kappa shape index (κ3) is 3.18. The van der Waals surface area contributed by atoms with Crippen LogP contribution in [0.15, 0.2) is 59.6 Å². The number of rotatable bonds is 3. The molecule has 0 spiro atoms. The van der Waals surface area contributed by atoms with E-state index in [1.165, 1.54) is 5.56 Å². The van der Waals surface area contributed by atoms with Crippen LogP contribution in [-0.4, -0.2) is 17.4 Å². The summed E-state index contributed by atoms with van der Waals surface area (Å²) in [6.07, 6.45) is 0.503. The van der Waals surface area contributed by atoms with Gasteiger partial charge in [0.05, 0.1) is 16.9 Å². The number of hydrogen-bond acceptors (Lipinski definition) is 3. The Kier molecular flexibility index (Phi) is 4.01. The van der Waals surface area contributed by atoms with Gasteiger partial charge in [-0.3, -0.25) is 10.1 Å². The van der Waals surface area contributed by atoms with E-state index >= 15 is 0 Å². The SMILES string of the molecule is Cc1ccc(-c2cc(N=C(N)NC=O)c3ccccc3n2)cc1. The Hall–Kier alpha value is -3.21. The number of carbonyl (C=O) groups is 1. The van der Waals surface area contributed by atoms with E-state index in [-0.39, 0.29) is 5.96 Å². The van der Waals surface area contributed by atoms with Gasteiger partial charge in [-0.25, -0.2) is 9.98 Å². The molecule has 0 radical (unpaired) electrons. The number of aromatic nitrogens is 1. The first-order chi connectivity index (χ1) is 11.2. The molecule has 0 aliphatic heterocycles. The summed E-state index contributed by atoms with van der Waals surface area (Å²) < 4.78 is 0. The predicted octanol–water partition coefficient (Wildman–Crippen LogP) is 2.90. The summed E-state index contributed by atoms with van der Waals surface area (Å²) in [7, 11) is 0. The van der Waals surface area contributed by atoms with Gasteiger partial charge in [0, 0.05) is 10.9 Å². The van der Waals surface area contributed by atoms with Crippen LogP contribution in [0, 0.1) is 6.92 Å². The molecule has 0 bridgehead atoms. The molecular formula is C18H16N4O. The van der Waals surface area contributed by atoms with Gasteiger partial charge in [0.15, 0.2) is 5.96 Å². The van der Waals surface area contributed by atoms with Crippen molar-refractivity contribution in [2.75, 3.05) is 0 Å². The van der Waals surface area contributed by atoms with Gasteiger partial charge < -0.3 is 5.73 Å². The number of nitrogens with zero attached hydrogens (tertiary/aromatic N) is 2. The van der Waals surface area contributed by atoms with Crippen LogP contribution < -0.4 is 11.1 Å². The molecule has 2 aromatic carbocycles. The number of nitrogens with two attached hydrogens (primary N) is 1. The predicted molar refractivity (Wildman–Crippen MR) is 92.4 cm³/mol. The van der Waals surface area contributed by atoms with E-state index in [9.17, 15) is 4.79 Å². The van der Waals surface area contributed by atoms with E-state index in [1.54, 1.807) is 0 Å². The molecule has 0 aliphatic carbocycles. The van der Waals surface area contributed by atoms with E-state index in [0.29, 0.717) is 12.1 Å². The summed E-state index contributed by atoms with van der Waals surface area (Å²) in [6.45, 7) is 2.04. The lowest BCUT2D eigenvalue weighted by Crippen LogP contribution is -2.29. The van der Waals surface area contributed by atoms with Crippen molar-refractivity contribution < 1.29 is 4.79 Å². The molecule has 3 rings (SSSR count). The molecule has 0 fully saturated rings. The summed E-state index contributed by atoms with van der Waals surface area (Å²) in [5, 5.41) is 3.23. The normalized spacial score (nSPS) is 11.4. The zero-order chi connectivity index (χ0) is 16.2. The van der Waals surface area contributed by atoms with Gasteiger partial charge in [-0.2, -0.15) is 0 Å². The minimum absolute atomic E-state index is 0.0474. The number of hydrogen-bond donors (Lipinski definition) is 2. The Morgan fingerprint density at radius 2 is 1.91 bits per heavy atom. The Morgan fingerprint density at radius 3 is 2.65 bits per heavy atom. The average Bonchev–Trinajstić information content (AvgIpc) is 2.55. The highest BCUT2D eigenvalue weighted by atomic mass is 16.1. The highest BCUT2D eigenvalue weighted by Crippen LogP contribution is 2.30. The zero-order valence-electron chi connectivity index (χ0n) is 12.7. The van der Waals surface area contributed by atoms with Gasteiger partial charge in [0.25, 0.3) is 0 Å². The minimum atomic E-state index is 0.0474. The molecule has 5 nitrogen and oxygen atoms in total. The van der Waals surface area contributed by atoms with Crippen LogP contribution in [0.5, 0.6) is 0 Å². The third-order valence-electron chi connectivity index (χ3n) is 3.49. The number of aryl methyl sites for hydroxylation is 1. The lowest BCUT2D eigenvalue weighted by atomic mass is 10.1.